The number of aryl methyl sites for hydroxylation is 1. The summed E-state index contributed by atoms with van der Waals surface area (Å²) in [6, 6.07) is 17.8. The number of rotatable bonds is 13. The second kappa shape index (κ2) is 13.5. The molecule has 30 heavy (non-hydrogen) atoms. The fraction of sp³-hybridized carbons (Fsp3) is 0.552. The molecule has 0 saturated heterocycles. The van der Waals surface area contributed by atoms with E-state index in [1.54, 1.807) is 0 Å². The molecule has 0 aliphatic heterocycles. The Hall–Kier alpha value is -1.76. The van der Waals surface area contributed by atoms with Crippen molar-refractivity contribution in [1.82, 2.24) is 0 Å². The van der Waals surface area contributed by atoms with Crippen LogP contribution in [0, 0.1) is 12.3 Å². The predicted octanol–water partition coefficient (Wildman–Crippen LogP) is 8.81. The third-order valence-electron chi connectivity index (χ3n) is 6.56. The second-order valence-corrected chi connectivity index (χ2v) is 9.04. The Morgan fingerprint density at radius 3 is 2.00 bits per heavy atom. The molecule has 2 aromatic rings. The van der Waals surface area contributed by atoms with Crippen LogP contribution in [0.2, 0.25) is 0 Å². The highest BCUT2D eigenvalue weighted by molar-refractivity contribution is 5.64. The van der Waals surface area contributed by atoms with E-state index in [0.29, 0.717) is 0 Å². The van der Waals surface area contributed by atoms with Gasteiger partial charge in [-0.25, -0.2) is 0 Å². The van der Waals surface area contributed by atoms with Gasteiger partial charge in [0.1, 0.15) is 5.75 Å². The van der Waals surface area contributed by atoms with Crippen molar-refractivity contribution < 1.29 is 4.74 Å². The zero-order valence-corrected chi connectivity index (χ0v) is 19.1. The minimum Gasteiger partial charge on any atom is -0.494 e. The Labute approximate surface area is 185 Å². The van der Waals surface area contributed by atoms with Crippen LogP contribution in [0.15, 0.2) is 48.5 Å². The second-order valence-electron chi connectivity index (χ2n) is 9.04. The van der Waals surface area contributed by atoms with E-state index in [4.69, 9.17) is 4.74 Å². The van der Waals surface area contributed by atoms with Gasteiger partial charge >= 0.3 is 0 Å². The Kier molecular flexibility index (Phi) is 10.3. The molecule has 1 nitrogen and oxygen atoms in total. The number of hydrogen-bond donors (Lipinski definition) is 0. The van der Waals surface area contributed by atoms with Crippen molar-refractivity contribution in [3.8, 4) is 16.9 Å². The molecular formula is C29H41O. The molecule has 163 valence electrons. The maximum absolute atomic E-state index is 5.93. The number of ether oxygens (including phenoxy) is 1. The molecule has 1 heteroatoms. The Morgan fingerprint density at radius 2 is 1.33 bits per heavy atom. The van der Waals surface area contributed by atoms with Crippen LogP contribution >= 0.6 is 0 Å². The van der Waals surface area contributed by atoms with Gasteiger partial charge in [0.2, 0.25) is 0 Å². The van der Waals surface area contributed by atoms with Gasteiger partial charge in [-0.15, -0.1) is 0 Å². The van der Waals surface area contributed by atoms with Gasteiger partial charge in [-0.05, 0) is 73.3 Å². The minimum absolute atomic E-state index is 0.834. The maximum Gasteiger partial charge on any atom is 0.119 e. The van der Waals surface area contributed by atoms with Gasteiger partial charge in [0.25, 0.3) is 0 Å². The van der Waals surface area contributed by atoms with Crippen LogP contribution in [0.3, 0.4) is 0 Å². The minimum atomic E-state index is 0.834. The van der Waals surface area contributed by atoms with Gasteiger partial charge in [0, 0.05) is 0 Å². The van der Waals surface area contributed by atoms with E-state index >= 15 is 0 Å². The van der Waals surface area contributed by atoms with E-state index in [0.717, 1.165) is 24.7 Å². The molecule has 1 fully saturated rings. The predicted molar refractivity (Wildman–Crippen MR) is 130 cm³/mol. The summed E-state index contributed by atoms with van der Waals surface area (Å²) in [7, 11) is 0. The summed E-state index contributed by atoms with van der Waals surface area (Å²) in [5, 5.41) is 0. The summed E-state index contributed by atoms with van der Waals surface area (Å²) in [5.41, 5.74) is 4.04. The fourth-order valence-corrected chi connectivity index (χ4v) is 4.51. The number of unbranched alkanes of at least 4 members (excludes halogenated alkanes) is 6. The molecule has 0 spiro atoms. The summed E-state index contributed by atoms with van der Waals surface area (Å²) < 4.78 is 5.93. The van der Waals surface area contributed by atoms with E-state index in [1.165, 1.54) is 93.7 Å². The molecule has 0 N–H and O–H groups in total. The van der Waals surface area contributed by atoms with Crippen LogP contribution in [0.5, 0.6) is 5.75 Å². The lowest BCUT2D eigenvalue weighted by molar-refractivity contribution is 0.304. The van der Waals surface area contributed by atoms with Crippen molar-refractivity contribution >= 4 is 0 Å². The van der Waals surface area contributed by atoms with E-state index in [9.17, 15) is 0 Å². The van der Waals surface area contributed by atoms with Gasteiger partial charge in [-0.2, -0.15) is 0 Å². The van der Waals surface area contributed by atoms with Crippen LogP contribution in [0.1, 0.15) is 89.5 Å². The van der Waals surface area contributed by atoms with Crippen LogP contribution in [-0.2, 0) is 6.42 Å². The Morgan fingerprint density at radius 1 is 0.733 bits per heavy atom. The molecule has 1 aliphatic carbocycles. The summed E-state index contributed by atoms with van der Waals surface area (Å²) in [5.74, 6) is 1.93. The standard InChI is InChI=1S/C29H41O/c1-2-3-4-5-6-7-11-24-30-29-22-20-28(21-23-29)27-18-16-26(17-19-27)15-14-25-12-9-8-10-13-25/h8,16-23,25H,2-7,9-15,24H2,1H3. The van der Waals surface area contributed by atoms with Crippen LogP contribution < -0.4 is 4.74 Å². The smallest absolute Gasteiger partial charge is 0.119 e. The summed E-state index contributed by atoms with van der Waals surface area (Å²) >= 11 is 0. The van der Waals surface area contributed by atoms with Crippen molar-refractivity contribution in [1.29, 1.82) is 0 Å². The van der Waals surface area contributed by atoms with Crippen LogP contribution in [0.4, 0.5) is 0 Å². The van der Waals surface area contributed by atoms with Gasteiger partial charge in [-0.3, -0.25) is 0 Å². The Balaban J connectivity index is 1.36. The quantitative estimate of drug-likeness (QED) is 0.302. The average Bonchev–Trinajstić information content (AvgIpc) is 2.81. The molecule has 1 radical (unpaired) electrons. The SMILES string of the molecule is CCCCCCCCCOc1ccc(-c2ccc(CCC3CC[CH]CC3)cc2)cc1. The first-order chi connectivity index (χ1) is 14.8. The molecule has 3 rings (SSSR count). The molecule has 0 heterocycles. The van der Waals surface area contributed by atoms with E-state index in [1.807, 2.05) is 0 Å². The van der Waals surface area contributed by atoms with Crippen molar-refractivity contribution in [2.24, 2.45) is 5.92 Å². The van der Waals surface area contributed by atoms with E-state index in [-0.39, 0.29) is 0 Å². The molecule has 2 aromatic carbocycles. The average molecular weight is 406 g/mol. The third kappa shape index (κ3) is 8.17. The monoisotopic (exact) mass is 405 g/mol. The van der Waals surface area contributed by atoms with Gasteiger partial charge < -0.3 is 4.74 Å². The number of hydrogen-bond acceptors (Lipinski definition) is 1. The first-order valence-corrected chi connectivity index (χ1v) is 12.5. The molecule has 0 amide bonds. The van der Waals surface area contributed by atoms with Crippen LogP contribution in [0.25, 0.3) is 11.1 Å². The van der Waals surface area contributed by atoms with E-state index < -0.39 is 0 Å². The number of benzene rings is 2. The zero-order chi connectivity index (χ0) is 20.9. The maximum atomic E-state index is 5.93. The molecule has 0 bridgehead atoms. The normalized spacial score (nSPS) is 14.7. The topological polar surface area (TPSA) is 9.23 Å². The lowest BCUT2D eigenvalue weighted by Gasteiger charge is -2.21. The summed E-state index contributed by atoms with van der Waals surface area (Å²) in [6.45, 7) is 3.10. The third-order valence-corrected chi connectivity index (χ3v) is 6.56. The lowest BCUT2D eigenvalue weighted by Crippen LogP contribution is -2.07. The van der Waals surface area contributed by atoms with Crippen molar-refractivity contribution in [2.75, 3.05) is 6.61 Å². The van der Waals surface area contributed by atoms with Gasteiger partial charge in [-0.1, -0.05) is 94.7 Å². The largest absolute Gasteiger partial charge is 0.494 e. The molecule has 0 atom stereocenters. The molecule has 0 unspecified atom stereocenters. The summed E-state index contributed by atoms with van der Waals surface area (Å²) in [6.07, 6.45) is 19.7. The van der Waals surface area contributed by atoms with Crippen molar-refractivity contribution in [3.05, 3.63) is 60.5 Å². The van der Waals surface area contributed by atoms with E-state index in [2.05, 4.69) is 61.9 Å². The lowest BCUT2D eigenvalue weighted by atomic mass is 9.85. The fourth-order valence-electron chi connectivity index (χ4n) is 4.51. The highest BCUT2D eigenvalue weighted by Crippen LogP contribution is 2.28. The van der Waals surface area contributed by atoms with Crippen LogP contribution in [-0.4, -0.2) is 6.61 Å². The Bertz CT molecular complexity index is 679. The highest BCUT2D eigenvalue weighted by Gasteiger charge is 2.13. The highest BCUT2D eigenvalue weighted by atomic mass is 16.5. The molecule has 1 aliphatic rings. The van der Waals surface area contributed by atoms with Crippen molar-refractivity contribution in [2.45, 2.75) is 90.4 Å². The summed E-state index contributed by atoms with van der Waals surface area (Å²) in [4.78, 5) is 0. The molecule has 0 aromatic heterocycles. The van der Waals surface area contributed by atoms with Gasteiger partial charge in [0.05, 0.1) is 6.61 Å². The molecular weight excluding hydrogens is 364 g/mol. The van der Waals surface area contributed by atoms with Crippen molar-refractivity contribution in [3.63, 3.8) is 0 Å². The molecule has 1 saturated carbocycles. The van der Waals surface area contributed by atoms with Gasteiger partial charge in [0.15, 0.2) is 0 Å². The first-order valence-electron chi connectivity index (χ1n) is 12.5. The zero-order valence-electron chi connectivity index (χ0n) is 19.1. The first kappa shape index (κ1) is 22.9.